The van der Waals surface area contributed by atoms with E-state index < -0.39 is 5.60 Å². The zero-order valence-corrected chi connectivity index (χ0v) is 14.8. The highest BCUT2D eigenvalue weighted by Gasteiger charge is 2.31. The second-order valence-electron chi connectivity index (χ2n) is 6.80. The van der Waals surface area contributed by atoms with E-state index in [2.05, 4.69) is 17.2 Å². The average molecular weight is 325 g/mol. The maximum atomic E-state index is 12.2. The Bertz CT molecular complexity index is 470. The Kier molecular flexibility index (Phi) is 5.81. The summed E-state index contributed by atoms with van der Waals surface area (Å²) < 4.78 is 5.50. The van der Waals surface area contributed by atoms with Crippen LogP contribution in [0.25, 0.3) is 0 Å². The molecule has 0 radical (unpaired) electrons. The largest absolute Gasteiger partial charge is 0.444 e. The Morgan fingerprint density at radius 3 is 3.00 bits per heavy atom. The van der Waals surface area contributed by atoms with Crippen LogP contribution < -0.4 is 5.32 Å². The Morgan fingerprint density at radius 1 is 1.59 bits per heavy atom. The molecule has 1 N–H and O–H groups in total. The van der Waals surface area contributed by atoms with Crippen LogP contribution in [0.2, 0.25) is 0 Å². The van der Waals surface area contributed by atoms with E-state index in [1.807, 2.05) is 37.2 Å². The number of aromatic nitrogens is 1. The molecule has 1 saturated heterocycles. The summed E-state index contributed by atoms with van der Waals surface area (Å²) in [6.07, 6.45) is 4.73. The maximum absolute atomic E-state index is 12.2. The molecule has 1 aromatic heterocycles. The number of ether oxygens (including phenoxy) is 1. The third-order valence-corrected chi connectivity index (χ3v) is 4.71. The minimum atomic E-state index is -0.429. The van der Waals surface area contributed by atoms with Gasteiger partial charge in [-0.1, -0.05) is 0 Å². The predicted molar refractivity (Wildman–Crippen MR) is 89.1 cm³/mol. The van der Waals surface area contributed by atoms with E-state index in [-0.39, 0.29) is 18.2 Å². The molecule has 0 bridgehead atoms. The Morgan fingerprint density at radius 2 is 2.36 bits per heavy atom. The van der Waals surface area contributed by atoms with Gasteiger partial charge in [-0.15, -0.1) is 11.3 Å². The lowest BCUT2D eigenvalue weighted by Gasteiger charge is -2.28. The van der Waals surface area contributed by atoms with Gasteiger partial charge in [-0.2, -0.15) is 0 Å². The van der Waals surface area contributed by atoms with Gasteiger partial charge in [0, 0.05) is 24.2 Å². The van der Waals surface area contributed by atoms with Gasteiger partial charge in [0.2, 0.25) is 0 Å². The minimum absolute atomic E-state index is 0.178. The van der Waals surface area contributed by atoms with Gasteiger partial charge in [-0.3, -0.25) is 0 Å². The number of carbonyl (C=O) groups excluding carboxylic acids is 1. The number of amides is 1. The van der Waals surface area contributed by atoms with E-state index in [4.69, 9.17) is 4.74 Å². The number of nitrogens with one attached hydrogen (secondary N) is 1. The summed E-state index contributed by atoms with van der Waals surface area (Å²) >= 11 is 1.67. The number of likely N-dealkylation sites (tertiary alicyclic amines) is 1. The molecule has 22 heavy (non-hydrogen) atoms. The van der Waals surface area contributed by atoms with Crippen LogP contribution in [0.15, 0.2) is 11.6 Å². The van der Waals surface area contributed by atoms with Crippen molar-refractivity contribution in [3.05, 3.63) is 16.6 Å². The molecule has 1 amide bonds. The maximum Gasteiger partial charge on any atom is 0.410 e. The number of hydrogen-bond acceptors (Lipinski definition) is 5. The predicted octanol–water partition coefficient (Wildman–Crippen LogP) is 3.58. The first-order valence-corrected chi connectivity index (χ1v) is 8.87. The first-order valence-electron chi connectivity index (χ1n) is 7.99. The summed E-state index contributed by atoms with van der Waals surface area (Å²) in [5.74, 6) is 0. The highest BCUT2D eigenvalue weighted by molar-refractivity contribution is 7.09. The molecule has 1 aliphatic rings. The van der Waals surface area contributed by atoms with Crippen molar-refractivity contribution in [2.75, 3.05) is 13.1 Å². The molecule has 6 heteroatoms. The third-order valence-electron chi connectivity index (χ3n) is 3.76. The van der Waals surface area contributed by atoms with Gasteiger partial charge in [0.25, 0.3) is 0 Å². The highest BCUT2D eigenvalue weighted by atomic mass is 32.1. The lowest BCUT2D eigenvalue weighted by atomic mass is 10.1. The van der Waals surface area contributed by atoms with E-state index in [1.165, 1.54) is 0 Å². The molecule has 2 unspecified atom stereocenters. The van der Waals surface area contributed by atoms with E-state index in [0.29, 0.717) is 0 Å². The summed E-state index contributed by atoms with van der Waals surface area (Å²) in [5, 5.41) is 6.59. The molecular formula is C16H27N3O2S. The lowest BCUT2D eigenvalue weighted by Crippen LogP contribution is -2.41. The molecule has 0 aromatic carbocycles. The molecule has 1 fully saturated rings. The van der Waals surface area contributed by atoms with Crippen LogP contribution in [-0.4, -0.2) is 40.7 Å². The van der Waals surface area contributed by atoms with Crippen LogP contribution in [0.4, 0.5) is 4.79 Å². The standard InChI is InChI=1S/C16H27N3O2S/c1-12(14-18-9-11-22-14)17-8-7-13-6-5-10-19(13)15(20)21-16(2,3)4/h9,11-13,17H,5-8,10H2,1-4H3. The summed E-state index contributed by atoms with van der Waals surface area (Å²) in [5.41, 5.74) is -0.429. The van der Waals surface area contributed by atoms with Crippen LogP contribution in [0.3, 0.4) is 0 Å². The molecule has 5 nitrogen and oxygen atoms in total. The van der Waals surface area contributed by atoms with Crippen molar-refractivity contribution in [2.45, 2.75) is 64.6 Å². The summed E-state index contributed by atoms with van der Waals surface area (Å²) in [4.78, 5) is 18.4. The number of carbonyl (C=O) groups is 1. The molecule has 2 rings (SSSR count). The van der Waals surface area contributed by atoms with E-state index >= 15 is 0 Å². The van der Waals surface area contributed by atoms with Gasteiger partial charge in [0.1, 0.15) is 10.6 Å². The zero-order valence-electron chi connectivity index (χ0n) is 14.0. The van der Waals surface area contributed by atoms with Crippen molar-refractivity contribution in [3.8, 4) is 0 Å². The van der Waals surface area contributed by atoms with E-state index in [1.54, 1.807) is 11.3 Å². The lowest BCUT2D eigenvalue weighted by molar-refractivity contribution is 0.0220. The fraction of sp³-hybridized carbons (Fsp3) is 0.750. The Labute approximate surface area is 137 Å². The van der Waals surface area contributed by atoms with Crippen molar-refractivity contribution in [3.63, 3.8) is 0 Å². The number of hydrogen-bond donors (Lipinski definition) is 1. The summed E-state index contributed by atoms with van der Waals surface area (Å²) in [6.45, 7) is 9.54. The second kappa shape index (κ2) is 7.42. The molecule has 0 aliphatic carbocycles. The average Bonchev–Trinajstić information content (AvgIpc) is 3.08. The molecule has 124 valence electrons. The minimum Gasteiger partial charge on any atom is -0.444 e. The van der Waals surface area contributed by atoms with Gasteiger partial charge < -0.3 is 15.0 Å². The van der Waals surface area contributed by atoms with Gasteiger partial charge in [0.05, 0.1) is 6.04 Å². The van der Waals surface area contributed by atoms with Crippen LogP contribution in [0, 0.1) is 0 Å². The summed E-state index contributed by atoms with van der Waals surface area (Å²) in [7, 11) is 0. The molecular weight excluding hydrogens is 298 g/mol. The number of nitrogens with zero attached hydrogens (tertiary/aromatic N) is 2. The highest BCUT2D eigenvalue weighted by Crippen LogP contribution is 2.23. The first kappa shape index (κ1) is 17.2. The van der Waals surface area contributed by atoms with Crippen molar-refractivity contribution < 1.29 is 9.53 Å². The van der Waals surface area contributed by atoms with Crippen molar-refractivity contribution in [1.29, 1.82) is 0 Å². The molecule has 2 atom stereocenters. The second-order valence-corrected chi connectivity index (χ2v) is 7.73. The zero-order chi connectivity index (χ0) is 16.2. The molecule has 2 heterocycles. The topological polar surface area (TPSA) is 54.5 Å². The molecule has 0 spiro atoms. The number of thiazole rings is 1. The quantitative estimate of drug-likeness (QED) is 0.899. The first-order chi connectivity index (χ1) is 10.4. The van der Waals surface area contributed by atoms with Gasteiger partial charge >= 0.3 is 6.09 Å². The molecule has 0 saturated carbocycles. The monoisotopic (exact) mass is 325 g/mol. The van der Waals surface area contributed by atoms with Crippen LogP contribution >= 0.6 is 11.3 Å². The van der Waals surface area contributed by atoms with Gasteiger partial charge in [-0.25, -0.2) is 9.78 Å². The Hall–Kier alpha value is -1.14. The summed E-state index contributed by atoms with van der Waals surface area (Å²) in [6, 6.07) is 0.544. The molecule has 1 aliphatic heterocycles. The van der Waals surface area contributed by atoms with Crippen molar-refractivity contribution in [1.82, 2.24) is 15.2 Å². The fourth-order valence-corrected chi connectivity index (χ4v) is 3.37. The smallest absolute Gasteiger partial charge is 0.410 e. The van der Waals surface area contributed by atoms with E-state index in [0.717, 1.165) is 37.4 Å². The van der Waals surface area contributed by atoms with Crippen molar-refractivity contribution >= 4 is 17.4 Å². The van der Waals surface area contributed by atoms with Gasteiger partial charge in [0.15, 0.2) is 0 Å². The van der Waals surface area contributed by atoms with Crippen LogP contribution in [0.5, 0.6) is 0 Å². The molecule has 1 aromatic rings. The van der Waals surface area contributed by atoms with E-state index in [9.17, 15) is 4.79 Å². The van der Waals surface area contributed by atoms with Crippen molar-refractivity contribution in [2.24, 2.45) is 0 Å². The normalized spacial score (nSPS) is 20.2. The van der Waals surface area contributed by atoms with Crippen LogP contribution in [0.1, 0.15) is 58.0 Å². The van der Waals surface area contributed by atoms with Gasteiger partial charge in [-0.05, 0) is 53.5 Å². The van der Waals surface area contributed by atoms with Crippen LogP contribution in [-0.2, 0) is 4.74 Å². The fourth-order valence-electron chi connectivity index (χ4n) is 2.70. The number of rotatable bonds is 5. The SMILES string of the molecule is CC(NCCC1CCCN1C(=O)OC(C)(C)C)c1nccs1. The third kappa shape index (κ3) is 4.95. The Balaban J connectivity index is 1.78.